The summed E-state index contributed by atoms with van der Waals surface area (Å²) in [6, 6.07) is 1.92. The lowest BCUT2D eigenvalue weighted by molar-refractivity contribution is -0.147. The molecule has 0 bridgehead atoms. The summed E-state index contributed by atoms with van der Waals surface area (Å²) in [5.41, 5.74) is 1.01. The Labute approximate surface area is 85.5 Å². The van der Waals surface area contributed by atoms with E-state index in [1.807, 2.05) is 16.8 Å². The van der Waals surface area contributed by atoms with Crippen molar-refractivity contribution in [2.45, 2.75) is 6.54 Å². The van der Waals surface area contributed by atoms with E-state index in [-0.39, 0.29) is 24.9 Å². The predicted molar refractivity (Wildman–Crippen MR) is 52.7 cm³/mol. The van der Waals surface area contributed by atoms with E-state index < -0.39 is 0 Å². The largest absolute Gasteiger partial charge is 0.300 e. The van der Waals surface area contributed by atoms with Gasteiger partial charge in [0.25, 0.3) is 0 Å². The van der Waals surface area contributed by atoms with Crippen LogP contribution in [0.5, 0.6) is 0 Å². The molecule has 5 heteroatoms. The average molecular weight is 210 g/mol. The first-order valence-corrected chi connectivity index (χ1v) is 5.26. The number of carbonyl (C=O) groups is 2. The number of hydrogen-bond acceptors (Lipinski definition) is 4. The van der Waals surface area contributed by atoms with Gasteiger partial charge in [-0.2, -0.15) is 11.3 Å². The van der Waals surface area contributed by atoms with Crippen molar-refractivity contribution in [1.29, 1.82) is 0 Å². The fourth-order valence-electron chi connectivity index (χ4n) is 1.35. The fourth-order valence-corrected chi connectivity index (χ4v) is 2.01. The van der Waals surface area contributed by atoms with Gasteiger partial charge in [-0.15, -0.1) is 0 Å². The van der Waals surface area contributed by atoms with Crippen LogP contribution in [0, 0.1) is 0 Å². The molecule has 74 valence electrons. The van der Waals surface area contributed by atoms with E-state index in [1.165, 1.54) is 4.90 Å². The van der Waals surface area contributed by atoms with Crippen molar-refractivity contribution in [2.24, 2.45) is 0 Å². The number of rotatable bonds is 2. The molecule has 2 amide bonds. The normalized spacial score (nSPS) is 17.6. The first-order valence-electron chi connectivity index (χ1n) is 4.32. The van der Waals surface area contributed by atoms with Crippen LogP contribution in [0.15, 0.2) is 16.8 Å². The van der Waals surface area contributed by atoms with Crippen molar-refractivity contribution in [1.82, 2.24) is 10.2 Å². The highest BCUT2D eigenvalue weighted by Gasteiger charge is 2.25. The summed E-state index contributed by atoms with van der Waals surface area (Å²) in [7, 11) is 0. The molecule has 2 heterocycles. The van der Waals surface area contributed by atoms with Gasteiger partial charge in [-0.3, -0.25) is 19.8 Å². The number of amides is 2. The van der Waals surface area contributed by atoms with Gasteiger partial charge in [-0.05, 0) is 22.4 Å². The van der Waals surface area contributed by atoms with Gasteiger partial charge in [-0.25, -0.2) is 0 Å². The minimum absolute atomic E-state index is 0.146. The summed E-state index contributed by atoms with van der Waals surface area (Å²) in [6.07, 6.45) is 0. The second-order valence-corrected chi connectivity index (χ2v) is 3.89. The predicted octanol–water partition coefficient (Wildman–Crippen LogP) is 0.207. The van der Waals surface area contributed by atoms with Gasteiger partial charge < -0.3 is 0 Å². The Balaban J connectivity index is 2.08. The van der Waals surface area contributed by atoms with Crippen LogP contribution in [0.25, 0.3) is 0 Å². The lowest BCUT2D eigenvalue weighted by Gasteiger charge is -2.24. The monoisotopic (exact) mass is 210 g/mol. The van der Waals surface area contributed by atoms with E-state index in [9.17, 15) is 9.59 Å². The number of piperazine rings is 1. The standard InChI is InChI=1S/C9H10N2O2S/c12-8-3-10-4-9(13)11(8)5-7-1-2-14-6-7/h1-2,6,10H,3-5H2. The Hall–Kier alpha value is -1.20. The van der Waals surface area contributed by atoms with Gasteiger partial charge in [0.15, 0.2) is 0 Å². The average Bonchev–Trinajstić information content (AvgIpc) is 2.64. The van der Waals surface area contributed by atoms with Crippen molar-refractivity contribution >= 4 is 23.2 Å². The topological polar surface area (TPSA) is 49.4 Å². The first kappa shape index (κ1) is 9.36. The molecule has 1 N–H and O–H groups in total. The number of thiophene rings is 1. The molecule has 1 saturated heterocycles. The summed E-state index contributed by atoms with van der Waals surface area (Å²) in [5, 5.41) is 6.64. The van der Waals surface area contributed by atoms with Crippen molar-refractivity contribution in [3.63, 3.8) is 0 Å². The Kier molecular flexibility index (Phi) is 2.60. The molecular formula is C9H10N2O2S. The van der Waals surface area contributed by atoms with E-state index in [1.54, 1.807) is 11.3 Å². The zero-order valence-corrected chi connectivity index (χ0v) is 8.34. The highest BCUT2D eigenvalue weighted by atomic mass is 32.1. The summed E-state index contributed by atoms with van der Waals surface area (Å²) in [5.74, 6) is -0.292. The van der Waals surface area contributed by atoms with E-state index in [0.29, 0.717) is 6.54 Å². The molecule has 0 aliphatic carbocycles. The second kappa shape index (κ2) is 3.89. The molecule has 0 aromatic carbocycles. The Bertz CT molecular complexity index is 332. The summed E-state index contributed by atoms with van der Waals surface area (Å²) in [4.78, 5) is 24.1. The van der Waals surface area contributed by atoms with E-state index in [4.69, 9.17) is 0 Å². The zero-order chi connectivity index (χ0) is 9.97. The van der Waals surface area contributed by atoms with Crippen LogP contribution >= 0.6 is 11.3 Å². The number of imide groups is 1. The highest BCUT2D eigenvalue weighted by Crippen LogP contribution is 2.10. The van der Waals surface area contributed by atoms with Crippen molar-refractivity contribution in [3.05, 3.63) is 22.4 Å². The van der Waals surface area contributed by atoms with Gasteiger partial charge in [0, 0.05) is 0 Å². The molecule has 4 nitrogen and oxygen atoms in total. The first-order chi connectivity index (χ1) is 6.77. The SMILES string of the molecule is O=C1CNCC(=O)N1Cc1ccsc1. The number of carbonyl (C=O) groups excluding carboxylic acids is 2. The third kappa shape index (κ3) is 1.83. The molecule has 0 atom stereocenters. The summed E-state index contributed by atoms with van der Waals surface area (Å²) in [6.45, 7) is 0.925. The molecule has 14 heavy (non-hydrogen) atoms. The number of hydrogen-bond donors (Lipinski definition) is 1. The summed E-state index contributed by atoms with van der Waals surface area (Å²) < 4.78 is 0. The molecule has 0 spiro atoms. The minimum Gasteiger partial charge on any atom is -0.300 e. The van der Waals surface area contributed by atoms with Crippen molar-refractivity contribution < 1.29 is 9.59 Å². The van der Waals surface area contributed by atoms with Crippen LogP contribution in [0.1, 0.15) is 5.56 Å². The quantitative estimate of drug-likeness (QED) is 0.710. The Morgan fingerprint density at radius 1 is 1.36 bits per heavy atom. The maximum absolute atomic E-state index is 11.4. The number of nitrogens with zero attached hydrogens (tertiary/aromatic N) is 1. The van der Waals surface area contributed by atoms with Crippen LogP contribution in [-0.2, 0) is 16.1 Å². The molecule has 0 unspecified atom stereocenters. The molecule has 1 aromatic heterocycles. The van der Waals surface area contributed by atoms with Crippen LogP contribution in [-0.4, -0.2) is 29.8 Å². The maximum atomic E-state index is 11.4. The van der Waals surface area contributed by atoms with Gasteiger partial charge in [0.05, 0.1) is 19.6 Å². The maximum Gasteiger partial charge on any atom is 0.243 e. The van der Waals surface area contributed by atoms with Crippen LogP contribution in [0.2, 0.25) is 0 Å². The second-order valence-electron chi connectivity index (χ2n) is 3.11. The Morgan fingerprint density at radius 2 is 2.07 bits per heavy atom. The smallest absolute Gasteiger partial charge is 0.243 e. The molecular weight excluding hydrogens is 200 g/mol. The third-order valence-corrected chi connectivity index (χ3v) is 2.81. The third-order valence-electron chi connectivity index (χ3n) is 2.08. The van der Waals surface area contributed by atoms with Gasteiger partial charge in [-0.1, -0.05) is 0 Å². The molecule has 1 fully saturated rings. The lowest BCUT2D eigenvalue weighted by Crippen LogP contribution is -2.51. The highest BCUT2D eigenvalue weighted by molar-refractivity contribution is 7.07. The summed E-state index contributed by atoms with van der Waals surface area (Å²) >= 11 is 1.57. The van der Waals surface area contributed by atoms with E-state index >= 15 is 0 Å². The molecule has 0 radical (unpaired) electrons. The molecule has 2 rings (SSSR count). The van der Waals surface area contributed by atoms with Gasteiger partial charge in [0.1, 0.15) is 0 Å². The molecule has 1 aliphatic rings. The lowest BCUT2D eigenvalue weighted by atomic mass is 10.2. The van der Waals surface area contributed by atoms with E-state index in [0.717, 1.165) is 5.56 Å². The van der Waals surface area contributed by atoms with Gasteiger partial charge in [0.2, 0.25) is 11.8 Å². The Morgan fingerprint density at radius 3 is 2.64 bits per heavy atom. The van der Waals surface area contributed by atoms with Gasteiger partial charge >= 0.3 is 0 Å². The van der Waals surface area contributed by atoms with Crippen LogP contribution < -0.4 is 5.32 Å². The fraction of sp³-hybridized carbons (Fsp3) is 0.333. The molecule has 0 saturated carbocycles. The van der Waals surface area contributed by atoms with Crippen molar-refractivity contribution in [2.75, 3.05) is 13.1 Å². The van der Waals surface area contributed by atoms with Crippen molar-refractivity contribution in [3.8, 4) is 0 Å². The van der Waals surface area contributed by atoms with E-state index in [2.05, 4.69) is 5.32 Å². The molecule has 1 aromatic rings. The zero-order valence-electron chi connectivity index (χ0n) is 7.53. The minimum atomic E-state index is -0.146. The molecule has 1 aliphatic heterocycles. The van der Waals surface area contributed by atoms with Crippen LogP contribution in [0.4, 0.5) is 0 Å². The number of nitrogens with one attached hydrogen (secondary N) is 1. The van der Waals surface area contributed by atoms with Crippen LogP contribution in [0.3, 0.4) is 0 Å².